The molecule has 0 radical (unpaired) electrons. The molecule has 0 spiro atoms. The number of benzene rings is 1. The van der Waals surface area contributed by atoms with Crippen molar-refractivity contribution in [1.29, 1.82) is 0 Å². The third-order valence-corrected chi connectivity index (χ3v) is 4.35. The van der Waals surface area contributed by atoms with Crippen molar-refractivity contribution in [2.24, 2.45) is 17.5 Å². The highest BCUT2D eigenvalue weighted by Gasteiger charge is 2.31. The van der Waals surface area contributed by atoms with Gasteiger partial charge in [-0.3, -0.25) is 19.2 Å². The van der Waals surface area contributed by atoms with Gasteiger partial charge in [0.1, 0.15) is 18.1 Å². The fourth-order valence-corrected chi connectivity index (χ4v) is 2.77. The molecule has 4 amide bonds. The molecule has 1 aromatic rings. The van der Waals surface area contributed by atoms with Crippen LogP contribution in [0.1, 0.15) is 37.6 Å². The zero-order valence-electron chi connectivity index (χ0n) is 17.8. The molecule has 0 heterocycles. The van der Waals surface area contributed by atoms with E-state index in [1.165, 1.54) is 6.92 Å². The van der Waals surface area contributed by atoms with E-state index in [9.17, 15) is 24.3 Å². The zero-order valence-corrected chi connectivity index (χ0v) is 17.8. The van der Waals surface area contributed by atoms with Gasteiger partial charge in [-0.05, 0) is 31.4 Å². The van der Waals surface area contributed by atoms with E-state index in [0.29, 0.717) is 5.56 Å². The first-order valence-corrected chi connectivity index (χ1v) is 9.82. The summed E-state index contributed by atoms with van der Waals surface area (Å²) in [6.07, 6.45) is -0.994. The molecule has 31 heavy (non-hydrogen) atoms. The van der Waals surface area contributed by atoms with Crippen molar-refractivity contribution in [3.05, 3.63) is 35.9 Å². The lowest BCUT2D eigenvalue weighted by Gasteiger charge is -2.26. The van der Waals surface area contributed by atoms with Gasteiger partial charge in [0.05, 0.1) is 12.7 Å². The van der Waals surface area contributed by atoms with Crippen molar-refractivity contribution in [1.82, 2.24) is 16.0 Å². The second-order valence-corrected chi connectivity index (χ2v) is 7.55. The minimum absolute atomic E-state index is 0.00209. The largest absolute Gasteiger partial charge is 0.391 e. The van der Waals surface area contributed by atoms with E-state index in [4.69, 9.17) is 11.6 Å². The van der Waals surface area contributed by atoms with Crippen LogP contribution in [-0.2, 0) is 19.2 Å². The lowest BCUT2D eigenvalue weighted by atomic mass is 10.0. The SMILES string of the molecule is CC(C)C[C@H](NC(=O)[C@H](CON)NC(=O)c1ccccc1)C(=O)N[C@H](C(N)=O)[C@@H](C)O. The maximum atomic E-state index is 12.8. The lowest BCUT2D eigenvalue weighted by Crippen LogP contribution is -2.59. The van der Waals surface area contributed by atoms with E-state index in [1.807, 2.05) is 13.8 Å². The fraction of sp³-hybridized carbons (Fsp3) is 0.500. The summed E-state index contributed by atoms with van der Waals surface area (Å²) >= 11 is 0. The van der Waals surface area contributed by atoms with Crippen molar-refractivity contribution in [3.8, 4) is 0 Å². The number of amides is 4. The van der Waals surface area contributed by atoms with Crippen molar-refractivity contribution in [2.45, 2.75) is 51.4 Å². The van der Waals surface area contributed by atoms with Crippen molar-refractivity contribution in [2.75, 3.05) is 6.61 Å². The Balaban J connectivity index is 2.94. The van der Waals surface area contributed by atoms with Crippen molar-refractivity contribution < 1.29 is 29.1 Å². The van der Waals surface area contributed by atoms with E-state index in [1.54, 1.807) is 30.3 Å². The van der Waals surface area contributed by atoms with Crippen LogP contribution in [0.25, 0.3) is 0 Å². The zero-order chi connectivity index (χ0) is 23.6. The van der Waals surface area contributed by atoms with Crippen LogP contribution < -0.4 is 27.6 Å². The first kappa shape index (κ1) is 26.0. The van der Waals surface area contributed by atoms with Crippen LogP contribution in [0, 0.1) is 5.92 Å². The Morgan fingerprint density at radius 1 is 0.968 bits per heavy atom. The van der Waals surface area contributed by atoms with Crippen LogP contribution in [-0.4, -0.2) is 59.6 Å². The molecule has 4 atom stereocenters. The molecule has 11 nitrogen and oxygen atoms in total. The molecule has 11 heteroatoms. The highest BCUT2D eigenvalue weighted by atomic mass is 16.6. The third-order valence-electron chi connectivity index (χ3n) is 4.35. The summed E-state index contributed by atoms with van der Waals surface area (Å²) in [5, 5.41) is 17.0. The van der Waals surface area contributed by atoms with Gasteiger partial charge in [0, 0.05) is 5.56 Å². The molecule has 0 saturated carbocycles. The summed E-state index contributed by atoms with van der Waals surface area (Å²) in [7, 11) is 0. The number of nitrogens with one attached hydrogen (secondary N) is 3. The summed E-state index contributed by atoms with van der Waals surface area (Å²) in [6, 6.07) is 4.68. The molecule has 0 saturated heterocycles. The van der Waals surface area contributed by atoms with E-state index < -0.39 is 47.9 Å². The average Bonchev–Trinajstić information content (AvgIpc) is 2.70. The minimum Gasteiger partial charge on any atom is -0.391 e. The Morgan fingerprint density at radius 3 is 2.03 bits per heavy atom. The quantitative estimate of drug-likeness (QED) is 0.216. The fourth-order valence-electron chi connectivity index (χ4n) is 2.77. The molecule has 0 unspecified atom stereocenters. The van der Waals surface area contributed by atoms with E-state index in [2.05, 4.69) is 20.8 Å². The molecule has 0 aliphatic rings. The second kappa shape index (κ2) is 12.6. The molecular weight excluding hydrogens is 406 g/mol. The number of carbonyl (C=O) groups is 4. The second-order valence-electron chi connectivity index (χ2n) is 7.55. The molecule has 0 aliphatic carbocycles. The Labute approximate surface area is 180 Å². The molecular formula is C20H31N5O6. The maximum Gasteiger partial charge on any atom is 0.251 e. The Kier molecular flexibility index (Phi) is 10.6. The van der Waals surface area contributed by atoms with Crippen LogP contribution in [0.5, 0.6) is 0 Å². The van der Waals surface area contributed by atoms with E-state index in [-0.39, 0.29) is 18.9 Å². The average molecular weight is 437 g/mol. The topological polar surface area (TPSA) is 186 Å². The third kappa shape index (κ3) is 8.70. The van der Waals surface area contributed by atoms with Gasteiger partial charge >= 0.3 is 0 Å². The molecule has 1 rings (SSSR count). The highest BCUT2D eigenvalue weighted by Crippen LogP contribution is 2.07. The van der Waals surface area contributed by atoms with Crippen LogP contribution in [0.2, 0.25) is 0 Å². The van der Waals surface area contributed by atoms with Crippen molar-refractivity contribution >= 4 is 23.6 Å². The van der Waals surface area contributed by atoms with E-state index >= 15 is 0 Å². The van der Waals surface area contributed by atoms with E-state index in [0.717, 1.165) is 0 Å². The molecule has 172 valence electrons. The van der Waals surface area contributed by atoms with Gasteiger partial charge in [0.15, 0.2) is 0 Å². The minimum atomic E-state index is -1.32. The van der Waals surface area contributed by atoms with Gasteiger partial charge in [0.25, 0.3) is 5.91 Å². The standard InChI is InChI=1S/C20H31N5O6/c1-11(2)9-14(19(29)25-16(12(3)26)17(21)27)23-20(30)15(10-31-22)24-18(28)13-7-5-4-6-8-13/h4-8,11-12,14-16,26H,9-10,22H2,1-3H3,(H2,21,27)(H,23,30)(H,24,28)(H,25,29)/t12-,14+,15+,16+/m1/s1. The predicted octanol–water partition coefficient (Wildman–Crippen LogP) is -1.44. The molecule has 0 fully saturated rings. The number of hydrogen-bond acceptors (Lipinski definition) is 7. The van der Waals surface area contributed by atoms with Gasteiger partial charge in [-0.15, -0.1) is 0 Å². The lowest BCUT2D eigenvalue weighted by molar-refractivity contribution is -0.134. The van der Waals surface area contributed by atoms with Crippen LogP contribution >= 0.6 is 0 Å². The molecule has 0 aliphatic heterocycles. The summed E-state index contributed by atoms with van der Waals surface area (Å²) in [4.78, 5) is 53.8. The maximum absolute atomic E-state index is 12.8. The highest BCUT2D eigenvalue weighted by molar-refractivity contribution is 5.98. The van der Waals surface area contributed by atoms with Gasteiger partial charge in [-0.1, -0.05) is 32.0 Å². The number of carbonyl (C=O) groups excluding carboxylic acids is 4. The number of primary amides is 1. The number of aliphatic hydroxyl groups is 1. The Morgan fingerprint density at radius 2 is 1.55 bits per heavy atom. The Bertz CT molecular complexity index is 756. The van der Waals surface area contributed by atoms with Gasteiger partial charge in [0.2, 0.25) is 17.7 Å². The van der Waals surface area contributed by atoms with Gasteiger partial charge in [-0.25, -0.2) is 5.90 Å². The Hall–Kier alpha value is -3.02. The summed E-state index contributed by atoms with van der Waals surface area (Å²) in [5.41, 5.74) is 5.54. The normalized spacial score (nSPS) is 14.8. The van der Waals surface area contributed by atoms with Crippen LogP contribution in [0.3, 0.4) is 0 Å². The van der Waals surface area contributed by atoms with Crippen LogP contribution in [0.15, 0.2) is 30.3 Å². The molecule has 0 bridgehead atoms. The first-order chi connectivity index (χ1) is 14.6. The van der Waals surface area contributed by atoms with Crippen molar-refractivity contribution in [3.63, 3.8) is 0 Å². The molecule has 1 aromatic carbocycles. The molecule has 0 aromatic heterocycles. The number of hydrogen-bond donors (Lipinski definition) is 6. The number of nitrogens with two attached hydrogens (primary N) is 2. The summed E-state index contributed by atoms with van der Waals surface area (Å²) in [5.74, 6) is 2.25. The molecule has 8 N–H and O–H groups in total. The van der Waals surface area contributed by atoms with Gasteiger partial charge < -0.3 is 31.6 Å². The van der Waals surface area contributed by atoms with Crippen LogP contribution in [0.4, 0.5) is 0 Å². The summed E-state index contributed by atoms with van der Waals surface area (Å²) in [6.45, 7) is 4.64. The predicted molar refractivity (Wildman–Crippen MR) is 112 cm³/mol. The smallest absolute Gasteiger partial charge is 0.251 e. The first-order valence-electron chi connectivity index (χ1n) is 9.82. The van der Waals surface area contributed by atoms with Gasteiger partial charge in [-0.2, -0.15) is 0 Å². The number of rotatable bonds is 12. The monoisotopic (exact) mass is 437 g/mol. The number of aliphatic hydroxyl groups excluding tert-OH is 1. The summed E-state index contributed by atoms with van der Waals surface area (Å²) < 4.78 is 0.